The minimum atomic E-state index is -2.27. The average Bonchev–Trinajstić information content (AvgIpc) is 2.47. The summed E-state index contributed by atoms with van der Waals surface area (Å²) in [6.07, 6.45) is -3.68. The Morgan fingerprint density at radius 2 is 1.55 bits per heavy atom. The highest BCUT2D eigenvalue weighted by Gasteiger charge is 2.29. The van der Waals surface area contributed by atoms with Crippen LogP contribution in [0.25, 0.3) is 0 Å². The van der Waals surface area contributed by atoms with Gasteiger partial charge in [0.1, 0.15) is 0 Å². The average molecular weight is 317 g/mol. The highest BCUT2D eigenvalue weighted by molar-refractivity contribution is 5.83. The van der Waals surface area contributed by atoms with Gasteiger partial charge in [0.05, 0.1) is 0 Å². The molecular formula is C13H19NO8. The molecular weight excluding hydrogens is 298 g/mol. The lowest BCUT2D eigenvalue weighted by Crippen LogP contribution is -2.39. The fourth-order valence-corrected chi connectivity index (χ4v) is 1.26. The van der Waals surface area contributed by atoms with Gasteiger partial charge in [-0.25, -0.2) is 9.59 Å². The van der Waals surface area contributed by atoms with E-state index in [-0.39, 0.29) is 11.5 Å². The number of phenolic OH excluding ortho intramolecular Hbond substituents is 2. The number of hydrogen-bond donors (Lipinski definition) is 7. The van der Waals surface area contributed by atoms with Crippen LogP contribution in [0.4, 0.5) is 0 Å². The van der Waals surface area contributed by atoms with Crippen LogP contribution in [0.5, 0.6) is 11.5 Å². The van der Waals surface area contributed by atoms with Gasteiger partial charge in [-0.15, -0.1) is 0 Å². The topological polar surface area (TPSA) is 168 Å². The van der Waals surface area contributed by atoms with Gasteiger partial charge < -0.3 is 36.0 Å². The van der Waals surface area contributed by atoms with Crippen molar-refractivity contribution in [3.05, 3.63) is 23.8 Å². The zero-order valence-corrected chi connectivity index (χ0v) is 11.8. The smallest absolute Gasteiger partial charge is 0.335 e. The number of aromatic hydroxyl groups is 2. The first kappa shape index (κ1) is 19.6. The largest absolute Gasteiger partial charge is 0.504 e. The van der Waals surface area contributed by atoms with Crippen LogP contribution in [-0.2, 0) is 16.0 Å². The third-order valence-electron chi connectivity index (χ3n) is 2.51. The van der Waals surface area contributed by atoms with Crippen molar-refractivity contribution in [2.45, 2.75) is 18.6 Å². The van der Waals surface area contributed by atoms with Crippen molar-refractivity contribution < 1.29 is 40.2 Å². The second-order valence-electron chi connectivity index (χ2n) is 4.24. The van der Waals surface area contributed by atoms with Gasteiger partial charge in [0, 0.05) is 0 Å². The summed E-state index contributed by atoms with van der Waals surface area (Å²) in [4.78, 5) is 19.5. The Hall–Kier alpha value is -2.36. The summed E-state index contributed by atoms with van der Waals surface area (Å²) in [7, 11) is 1.88. The Bertz CT molecular complexity index is 487. The molecule has 2 atom stereocenters. The monoisotopic (exact) mass is 317 g/mol. The van der Waals surface area contributed by atoms with Crippen LogP contribution in [0.3, 0.4) is 0 Å². The SMILES string of the molecule is CNCCc1ccc(O)c(O)c1.O=C(O)C(O)C(O)C(=O)O. The molecule has 1 rings (SSSR count). The predicted octanol–water partition coefficient (Wildman–Crippen LogP) is -1.26. The quantitative estimate of drug-likeness (QED) is 0.317. The Kier molecular flexibility index (Phi) is 8.53. The van der Waals surface area contributed by atoms with Gasteiger partial charge in [0.2, 0.25) is 0 Å². The van der Waals surface area contributed by atoms with Gasteiger partial charge in [0.15, 0.2) is 23.7 Å². The Morgan fingerprint density at radius 1 is 1.05 bits per heavy atom. The molecule has 0 saturated heterocycles. The molecule has 0 aromatic heterocycles. The number of aliphatic hydroxyl groups excluding tert-OH is 2. The van der Waals surface area contributed by atoms with Crippen LogP contribution in [-0.4, -0.2) is 68.4 Å². The van der Waals surface area contributed by atoms with Gasteiger partial charge >= 0.3 is 11.9 Å². The minimum absolute atomic E-state index is 0.0522. The van der Waals surface area contributed by atoms with E-state index < -0.39 is 24.1 Å². The van der Waals surface area contributed by atoms with Gasteiger partial charge in [0.25, 0.3) is 0 Å². The highest BCUT2D eigenvalue weighted by atomic mass is 16.4. The summed E-state index contributed by atoms with van der Waals surface area (Å²) in [5.74, 6) is -3.66. The van der Waals surface area contributed by atoms with Gasteiger partial charge in [-0.1, -0.05) is 6.07 Å². The number of benzene rings is 1. The minimum Gasteiger partial charge on any atom is -0.504 e. The number of hydrogen-bond acceptors (Lipinski definition) is 7. The molecule has 0 saturated carbocycles. The van der Waals surface area contributed by atoms with Gasteiger partial charge in [-0.05, 0) is 37.7 Å². The number of phenols is 2. The molecule has 0 spiro atoms. The van der Waals surface area contributed by atoms with Crippen LogP contribution in [0.1, 0.15) is 5.56 Å². The molecule has 0 amide bonds. The molecule has 7 N–H and O–H groups in total. The lowest BCUT2D eigenvalue weighted by Gasteiger charge is -2.07. The lowest BCUT2D eigenvalue weighted by molar-refractivity contribution is -0.165. The first-order valence-corrected chi connectivity index (χ1v) is 6.17. The number of aliphatic carboxylic acids is 2. The number of rotatable bonds is 6. The van der Waals surface area contributed by atoms with Crippen molar-refractivity contribution in [1.82, 2.24) is 5.32 Å². The van der Waals surface area contributed by atoms with Crippen LogP contribution in [0.15, 0.2) is 18.2 Å². The number of carbonyl (C=O) groups is 2. The van der Waals surface area contributed by atoms with Crippen LogP contribution >= 0.6 is 0 Å². The van der Waals surface area contributed by atoms with Crippen molar-refractivity contribution >= 4 is 11.9 Å². The van der Waals surface area contributed by atoms with E-state index in [9.17, 15) is 9.59 Å². The fraction of sp³-hybridized carbons (Fsp3) is 0.385. The molecule has 0 aliphatic rings. The normalized spacial score (nSPS) is 12.7. The van der Waals surface area contributed by atoms with Crippen molar-refractivity contribution in [1.29, 1.82) is 0 Å². The molecule has 22 heavy (non-hydrogen) atoms. The van der Waals surface area contributed by atoms with Crippen LogP contribution in [0, 0.1) is 0 Å². The highest BCUT2D eigenvalue weighted by Crippen LogP contribution is 2.24. The zero-order valence-electron chi connectivity index (χ0n) is 11.8. The summed E-state index contributed by atoms with van der Waals surface area (Å²) in [6.45, 7) is 0.865. The van der Waals surface area contributed by atoms with Crippen molar-refractivity contribution in [2.75, 3.05) is 13.6 Å². The maximum atomic E-state index is 9.77. The number of aliphatic hydroxyl groups is 2. The third kappa shape index (κ3) is 6.88. The molecule has 124 valence electrons. The van der Waals surface area contributed by atoms with Gasteiger partial charge in [-0.2, -0.15) is 0 Å². The molecule has 0 aliphatic heterocycles. The summed E-state index contributed by atoms with van der Waals surface area (Å²) < 4.78 is 0. The van der Waals surface area contributed by atoms with E-state index in [1.165, 1.54) is 6.07 Å². The zero-order chi connectivity index (χ0) is 17.3. The molecule has 1 aromatic rings. The second kappa shape index (κ2) is 9.55. The van der Waals surface area contributed by atoms with E-state index in [0.29, 0.717) is 0 Å². The van der Waals surface area contributed by atoms with Crippen LogP contribution in [0.2, 0.25) is 0 Å². The van der Waals surface area contributed by atoms with Gasteiger partial charge in [-0.3, -0.25) is 0 Å². The van der Waals surface area contributed by atoms with E-state index in [0.717, 1.165) is 18.5 Å². The Labute approximate surface area is 126 Å². The molecule has 9 nitrogen and oxygen atoms in total. The first-order valence-electron chi connectivity index (χ1n) is 6.17. The van der Waals surface area contributed by atoms with E-state index in [1.54, 1.807) is 12.1 Å². The van der Waals surface area contributed by atoms with Crippen molar-refractivity contribution in [3.8, 4) is 11.5 Å². The molecule has 0 heterocycles. The number of carboxylic acids is 2. The molecule has 0 aliphatic carbocycles. The predicted molar refractivity (Wildman–Crippen MR) is 74.7 cm³/mol. The fourth-order valence-electron chi connectivity index (χ4n) is 1.26. The summed E-state index contributed by atoms with van der Waals surface area (Å²) >= 11 is 0. The van der Waals surface area contributed by atoms with E-state index in [4.69, 9.17) is 30.6 Å². The van der Waals surface area contributed by atoms with Crippen molar-refractivity contribution in [2.24, 2.45) is 0 Å². The molecule has 0 bridgehead atoms. The summed E-state index contributed by atoms with van der Waals surface area (Å²) in [5, 5.41) is 53.7. The molecule has 2 unspecified atom stereocenters. The van der Waals surface area contributed by atoms with E-state index in [1.807, 2.05) is 7.05 Å². The maximum absolute atomic E-state index is 9.77. The van der Waals surface area contributed by atoms with Crippen molar-refractivity contribution in [3.63, 3.8) is 0 Å². The molecule has 0 fully saturated rings. The Balaban J connectivity index is 0.000000409. The Morgan fingerprint density at radius 3 is 1.91 bits per heavy atom. The molecule has 9 heteroatoms. The number of carboxylic acid groups (broad SMARTS) is 2. The number of nitrogens with one attached hydrogen (secondary N) is 1. The summed E-state index contributed by atoms with van der Waals surface area (Å²) in [6, 6.07) is 4.87. The second-order valence-corrected chi connectivity index (χ2v) is 4.24. The van der Waals surface area contributed by atoms with E-state index in [2.05, 4.69) is 5.32 Å². The molecule has 1 aromatic carbocycles. The number of likely N-dealkylation sites (N-methyl/N-ethyl adjacent to an activating group) is 1. The standard InChI is InChI=1S/C9H13NO2.C4H6O6/c1-10-5-4-7-2-3-8(11)9(12)6-7;5-1(3(7)8)2(6)4(9)10/h2-3,6,10-12H,4-5H2,1H3;1-2,5-6H,(H,7,8)(H,9,10). The van der Waals surface area contributed by atoms with Crippen LogP contribution < -0.4 is 5.32 Å². The summed E-state index contributed by atoms with van der Waals surface area (Å²) in [5.41, 5.74) is 1.01. The van der Waals surface area contributed by atoms with E-state index >= 15 is 0 Å². The lowest BCUT2D eigenvalue weighted by atomic mass is 10.1. The molecule has 0 radical (unpaired) electrons. The third-order valence-corrected chi connectivity index (χ3v) is 2.51. The maximum Gasteiger partial charge on any atom is 0.335 e. The first-order chi connectivity index (χ1) is 10.2.